The number of thiophene rings is 1. The van der Waals surface area contributed by atoms with Crippen LogP contribution in [0.1, 0.15) is 32.0 Å². The monoisotopic (exact) mass is 493 g/mol. The van der Waals surface area contributed by atoms with Gasteiger partial charge < -0.3 is 16.0 Å². The lowest BCUT2D eigenvalue weighted by molar-refractivity contribution is 0.0957. The quantitative estimate of drug-likeness (QED) is 0.240. The summed E-state index contributed by atoms with van der Waals surface area (Å²) < 4.78 is 0. The normalized spacial score (nSPS) is 10.9. The zero-order valence-corrected chi connectivity index (χ0v) is 18.6. The van der Waals surface area contributed by atoms with E-state index in [0.29, 0.717) is 18.0 Å². The molecule has 0 saturated heterocycles. The zero-order valence-electron chi connectivity index (χ0n) is 14.6. The first kappa shape index (κ1) is 21.8. The van der Waals surface area contributed by atoms with Crippen molar-refractivity contribution in [2.45, 2.75) is 26.8 Å². The van der Waals surface area contributed by atoms with Gasteiger partial charge in [-0.05, 0) is 25.5 Å². The number of hydrogen-bond donors (Lipinski definition) is 3. The number of carbonyl (C=O) groups is 1. The van der Waals surface area contributed by atoms with Crippen molar-refractivity contribution < 1.29 is 4.79 Å². The molecule has 0 unspecified atom stereocenters. The number of rotatable bonds is 7. The summed E-state index contributed by atoms with van der Waals surface area (Å²) in [5.41, 5.74) is 2.45. The van der Waals surface area contributed by atoms with Gasteiger partial charge in [0, 0.05) is 29.9 Å². The van der Waals surface area contributed by atoms with Crippen molar-refractivity contribution in [3.63, 3.8) is 0 Å². The van der Waals surface area contributed by atoms with Crippen molar-refractivity contribution in [2.24, 2.45) is 4.99 Å². The van der Waals surface area contributed by atoms with Crippen LogP contribution in [-0.2, 0) is 13.0 Å². The van der Waals surface area contributed by atoms with Gasteiger partial charge in [0.05, 0.1) is 17.7 Å². The van der Waals surface area contributed by atoms with Gasteiger partial charge in [-0.3, -0.25) is 9.79 Å². The maximum atomic E-state index is 12.0. The first-order valence-electron chi connectivity index (χ1n) is 7.84. The molecule has 9 heteroatoms. The molecule has 0 aromatic carbocycles. The second-order valence-electron chi connectivity index (χ2n) is 5.10. The molecule has 2 heterocycles. The predicted octanol–water partition coefficient (Wildman–Crippen LogP) is 2.79. The zero-order chi connectivity index (χ0) is 17.4. The van der Waals surface area contributed by atoms with E-state index in [1.807, 2.05) is 18.3 Å². The highest BCUT2D eigenvalue weighted by atomic mass is 127. The van der Waals surface area contributed by atoms with Crippen LogP contribution >= 0.6 is 46.7 Å². The molecule has 0 spiro atoms. The van der Waals surface area contributed by atoms with E-state index in [-0.39, 0.29) is 29.9 Å². The fraction of sp³-hybridized carbons (Fsp3) is 0.438. The van der Waals surface area contributed by atoms with Gasteiger partial charge in [-0.1, -0.05) is 6.92 Å². The lowest BCUT2D eigenvalue weighted by atomic mass is 10.3. The van der Waals surface area contributed by atoms with Crippen LogP contribution in [0.4, 0.5) is 0 Å². The number of halogens is 1. The van der Waals surface area contributed by atoms with E-state index < -0.39 is 0 Å². The van der Waals surface area contributed by atoms with Crippen LogP contribution in [0.25, 0.3) is 0 Å². The Morgan fingerprint density at radius 1 is 1.20 bits per heavy atom. The van der Waals surface area contributed by atoms with Gasteiger partial charge in [-0.15, -0.1) is 46.7 Å². The van der Waals surface area contributed by atoms with E-state index >= 15 is 0 Å². The Hall–Kier alpha value is -1.20. The number of aryl methyl sites for hydroxylation is 2. The Morgan fingerprint density at radius 2 is 1.92 bits per heavy atom. The maximum absolute atomic E-state index is 12.0. The Morgan fingerprint density at radius 3 is 2.52 bits per heavy atom. The molecule has 0 saturated carbocycles. The van der Waals surface area contributed by atoms with Crippen molar-refractivity contribution in [2.75, 3.05) is 20.1 Å². The fourth-order valence-electron chi connectivity index (χ4n) is 2.06. The second-order valence-corrected chi connectivity index (χ2v) is 7.20. The molecule has 2 aromatic heterocycles. The lowest BCUT2D eigenvalue weighted by Gasteiger charge is -2.11. The number of carbonyl (C=O) groups excluding carboxylic acids is 1. The molecule has 25 heavy (non-hydrogen) atoms. The Bertz CT molecular complexity index is 698. The van der Waals surface area contributed by atoms with Gasteiger partial charge >= 0.3 is 0 Å². The molecule has 2 aromatic rings. The predicted molar refractivity (Wildman–Crippen MR) is 116 cm³/mol. The minimum Gasteiger partial charge on any atom is -0.355 e. The number of hydrogen-bond acceptors (Lipinski definition) is 5. The summed E-state index contributed by atoms with van der Waals surface area (Å²) in [5, 5.41) is 9.35. The first-order valence-corrected chi connectivity index (χ1v) is 9.54. The van der Waals surface area contributed by atoms with E-state index in [1.165, 1.54) is 21.1 Å². The number of nitrogens with zero attached hydrogens (tertiary/aromatic N) is 2. The molecule has 0 bridgehead atoms. The molecular weight excluding hydrogens is 469 g/mol. The lowest BCUT2D eigenvalue weighted by Crippen LogP contribution is -2.41. The summed E-state index contributed by atoms with van der Waals surface area (Å²) >= 11 is 3.17. The number of aromatic nitrogens is 1. The molecule has 3 N–H and O–H groups in total. The van der Waals surface area contributed by atoms with Crippen LogP contribution < -0.4 is 16.0 Å². The largest absolute Gasteiger partial charge is 0.355 e. The molecule has 0 aliphatic rings. The molecular formula is C16H24IN5OS2. The van der Waals surface area contributed by atoms with Crippen LogP contribution in [0.2, 0.25) is 0 Å². The van der Waals surface area contributed by atoms with Crippen LogP contribution in [0.15, 0.2) is 22.6 Å². The Labute approximate surface area is 173 Å². The molecule has 2 rings (SSSR count). The number of guanidine groups is 1. The van der Waals surface area contributed by atoms with Crippen LogP contribution in [0, 0.1) is 6.92 Å². The maximum Gasteiger partial charge on any atom is 0.263 e. The number of aliphatic imine (C=N–C) groups is 1. The highest BCUT2D eigenvalue weighted by Gasteiger charge is 2.10. The van der Waals surface area contributed by atoms with E-state index in [2.05, 4.69) is 45.0 Å². The highest BCUT2D eigenvalue weighted by Crippen LogP contribution is 2.16. The average Bonchev–Trinajstić information content (AvgIpc) is 3.22. The third kappa shape index (κ3) is 6.90. The van der Waals surface area contributed by atoms with Crippen LogP contribution in [0.5, 0.6) is 0 Å². The third-order valence-corrected chi connectivity index (χ3v) is 5.53. The molecule has 1 amide bonds. The molecule has 6 nitrogen and oxygen atoms in total. The second kappa shape index (κ2) is 11.4. The molecule has 138 valence electrons. The summed E-state index contributed by atoms with van der Waals surface area (Å²) in [7, 11) is 1.74. The number of thiazole rings is 1. The first-order chi connectivity index (χ1) is 11.6. The minimum absolute atomic E-state index is 0. The van der Waals surface area contributed by atoms with Crippen LogP contribution in [-0.4, -0.2) is 37.0 Å². The number of nitrogens with one attached hydrogen (secondary N) is 3. The standard InChI is InChI=1S/C16H23N5OS2.HI/c1-4-12-5-6-13(24-12)9-20-16(17-3)19-8-7-18-15(22)14-11(2)21-10-23-14;/h5-6,10H,4,7-9H2,1-3H3,(H,18,22)(H2,17,19,20);1H. The molecule has 0 aliphatic heterocycles. The van der Waals surface area contributed by atoms with Gasteiger partial charge in [0.2, 0.25) is 0 Å². The van der Waals surface area contributed by atoms with Crippen molar-refractivity contribution in [1.82, 2.24) is 20.9 Å². The van der Waals surface area contributed by atoms with Gasteiger partial charge in [0.1, 0.15) is 4.88 Å². The number of amides is 1. The highest BCUT2D eigenvalue weighted by molar-refractivity contribution is 14.0. The summed E-state index contributed by atoms with van der Waals surface area (Å²) in [6.07, 6.45) is 1.07. The summed E-state index contributed by atoms with van der Waals surface area (Å²) in [6.45, 7) is 5.87. The van der Waals surface area contributed by atoms with E-state index in [4.69, 9.17) is 0 Å². The third-order valence-electron chi connectivity index (χ3n) is 3.37. The summed E-state index contributed by atoms with van der Waals surface area (Å²) in [4.78, 5) is 23.6. The van der Waals surface area contributed by atoms with Gasteiger partial charge in [0.15, 0.2) is 5.96 Å². The van der Waals surface area contributed by atoms with E-state index in [9.17, 15) is 4.79 Å². The van der Waals surface area contributed by atoms with Crippen LogP contribution in [0.3, 0.4) is 0 Å². The molecule has 0 atom stereocenters. The fourth-order valence-corrected chi connectivity index (χ4v) is 3.67. The Balaban J connectivity index is 0.00000312. The van der Waals surface area contributed by atoms with Crippen molar-refractivity contribution in [1.29, 1.82) is 0 Å². The van der Waals surface area contributed by atoms with E-state index in [1.54, 1.807) is 12.6 Å². The smallest absolute Gasteiger partial charge is 0.263 e. The Kier molecular flexibility index (Phi) is 9.98. The molecule has 0 aliphatic carbocycles. The van der Waals surface area contributed by atoms with Gasteiger partial charge in [0.25, 0.3) is 5.91 Å². The summed E-state index contributed by atoms with van der Waals surface area (Å²) in [6, 6.07) is 4.30. The average molecular weight is 493 g/mol. The minimum atomic E-state index is -0.0783. The SMILES string of the molecule is CCc1ccc(CNC(=NC)NCCNC(=O)c2scnc2C)s1.I. The topological polar surface area (TPSA) is 78.4 Å². The molecule has 0 radical (unpaired) electrons. The van der Waals surface area contributed by atoms with Crippen molar-refractivity contribution in [3.8, 4) is 0 Å². The van der Waals surface area contributed by atoms with Crippen molar-refractivity contribution >= 4 is 58.5 Å². The van der Waals surface area contributed by atoms with Gasteiger partial charge in [-0.25, -0.2) is 4.98 Å². The van der Waals surface area contributed by atoms with E-state index in [0.717, 1.165) is 24.6 Å². The summed E-state index contributed by atoms with van der Waals surface area (Å²) in [5.74, 6) is 0.648. The van der Waals surface area contributed by atoms with Gasteiger partial charge in [-0.2, -0.15) is 0 Å². The molecule has 0 fully saturated rings. The van der Waals surface area contributed by atoms with Crippen molar-refractivity contribution in [3.05, 3.63) is 38.0 Å².